The van der Waals surface area contributed by atoms with Crippen LogP contribution < -0.4 is 10.5 Å². The zero-order valence-electron chi connectivity index (χ0n) is 9.77. The van der Waals surface area contributed by atoms with Crippen molar-refractivity contribution in [2.75, 3.05) is 10.5 Å². The van der Waals surface area contributed by atoms with Crippen LogP contribution in [0.3, 0.4) is 0 Å². The molecule has 0 bridgehead atoms. The quantitative estimate of drug-likeness (QED) is 0.877. The lowest BCUT2D eigenvalue weighted by molar-refractivity contribution is 0.582. The Morgan fingerprint density at radius 2 is 1.85 bits per heavy atom. The van der Waals surface area contributed by atoms with Crippen molar-refractivity contribution >= 4 is 37.3 Å². The molecule has 1 heterocycles. The Kier molecular flexibility index (Phi) is 3.91. The summed E-state index contributed by atoms with van der Waals surface area (Å²) in [6.45, 7) is 0. The van der Waals surface area contributed by atoms with Crippen molar-refractivity contribution in [1.29, 1.82) is 0 Å². The van der Waals surface area contributed by atoms with E-state index in [-0.39, 0.29) is 15.1 Å². The van der Waals surface area contributed by atoms with Crippen LogP contribution in [-0.2, 0) is 10.0 Å². The number of aromatic nitrogens is 1. The third kappa shape index (κ3) is 2.88. The summed E-state index contributed by atoms with van der Waals surface area (Å²) >= 11 is 2.90. The number of rotatable bonds is 3. The van der Waals surface area contributed by atoms with Gasteiger partial charge in [0.05, 0.1) is 5.69 Å². The molecule has 0 spiro atoms. The van der Waals surface area contributed by atoms with Crippen LogP contribution in [0, 0.1) is 11.6 Å². The minimum Gasteiger partial charge on any atom is -0.398 e. The number of nitrogens with two attached hydrogens (primary N) is 1. The molecule has 1 aromatic heterocycles. The molecule has 0 atom stereocenters. The van der Waals surface area contributed by atoms with E-state index in [2.05, 4.69) is 20.9 Å². The van der Waals surface area contributed by atoms with Gasteiger partial charge < -0.3 is 5.73 Å². The number of halogens is 3. The number of nitrogens with zero attached hydrogens (tertiary/aromatic N) is 1. The first-order valence-corrected chi connectivity index (χ1v) is 7.46. The van der Waals surface area contributed by atoms with Crippen molar-refractivity contribution in [3.05, 3.63) is 46.7 Å². The summed E-state index contributed by atoms with van der Waals surface area (Å²) in [5.41, 5.74) is 4.65. The summed E-state index contributed by atoms with van der Waals surface area (Å²) in [7, 11) is -4.23. The summed E-state index contributed by atoms with van der Waals surface area (Å²) in [5.74, 6) is -2.11. The van der Waals surface area contributed by atoms with Crippen LogP contribution in [-0.4, -0.2) is 13.4 Å². The number of pyridine rings is 1. The molecule has 106 valence electrons. The summed E-state index contributed by atoms with van der Waals surface area (Å²) in [5, 5.41) is 0. The van der Waals surface area contributed by atoms with Crippen LogP contribution in [0.5, 0.6) is 0 Å². The van der Waals surface area contributed by atoms with Gasteiger partial charge in [-0.05, 0) is 18.2 Å². The zero-order valence-corrected chi connectivity index (χ0v) is 12.2. The molecular formula is C11H8BrF2N3O2S. The van der Waals surface area contributed by atoms with Gasteiger partial charge in [0.2, 0.25) is 0 Å². The summed E-state index contributed by atoms with van der Waals surface area (Å²) < 4.78 is 53.3. The Morgan fingerprint density at radius 1 is 1.25 bits per heavy atom. The molecule has 2 aromatic rings. The highest BCUT2D eigenvalue weighted by molar-refractivity contribution is 9.10. The molecule has 3 N–H and O–H groups in total. The van der Waals surface area contributed by atoms with Crippen molar-refractivity contribution in [2.45, 2.75) is 4.90 Å². The molecule has 1 aromatic carbocycles. The smallest absolute Gasteiger partial charge is 0.265 e. The number of hydrogen-bond donors (Lipinski definition) is 2. The van der Waals surface area contributed by atoms with Crippen molar-refractivity contribution in [3.8, 4) is 0 Å². The first-order chi connectivity index (χ1) is 9.31. The standard InChI is InChI=1S/C11H8BrF2N3O2S/c12-6-3-7(13)11(8(14)4-6)17-20(18,19)10-5-16-2-1-9(10)15/h1-5,17H,(H2,15,16). The van der Waals surface area contributed by atoms with Gasteiger partial charge in [0.25, 0.3) is 10.0 Å². The topological polar surface area (TPSA) is 85.1 Å². The predicted octanol–water partition coefficient (Wildman–Crippen LogP) is 2.51. The highest BCUT2D eigenvalue weighted by Crippen LogP contribution is 2.27. The number of nitrogens with one attached hydrogen (secondary N) is 1. The normalized spacial score (nSPS) is 11.3. The molecule has 0 saturated heterocycles. The lowest BCUT2D eigenvalue weighted by Crippen LogP contribution is -2.17. The fourth-order valence-corrected chi connectivity index (χ4v) is 3.00. The van der Waals surface area contributed by atoms with E-state index in [0.29, 0.717) is 0 Å². The van der Waals surface area contributed by atoms with Crippen LogP contribution in [0.4, 0.5) is 20.2 Å². The van der Waals surface area contributed by atoms with Crippen molar-refractivity contribution in [3.63, 3.8) is 0 Å². The molecule has 0 amide bonds. The van der Waals surface area contributed by atoms with Gasteiger partial charge in [-0.3, -0.25) is 9.71 Å². The maximum atomic E-state index is 13.6. The van der Waals surface area contributed by atoms with E-state index in [4.69, 9.17) is 5.73 Å². The van der Waals surface area contributed by atoms with E-state index in [1.807, 2.05) is 4.72 Å². The van der Waals surface area contributed by atoms with E-state index in [0.717, 1.165) is 18.3 Å². The molecule has 0 unspecified atom stereocenters. The predicted molar refractivity (Wildman–Crippen MR) is 73.5 cm³/mol. The molecule has 9 heteroatoms. The molecule has 5 nitrogen and oxygen atoms in total. The highest BCUT2D eigenvalue weighted by Gasteiger charge is 2.22. The Bertz CT molecular complexity index is 745. The molecule has 0 radical (unpaired) electrons. The zero-order chi connectivity index (χ0) is 14.9. The van der Waals surface area contributed by atoms with E-state index >= 15 is 0 Å². The van der Waals surface area contributed by atoms with E-state index in [1.165, 1.54) is 12.3 Å². The molecule has 2 rings (SSSR count). The third-order valence-electron chi connectivity index (χ3n) is 2.35. The molecule has 20 heavy (non-hydrogen) atoms. The number of hydrogen-bond acceptors (Lipinski definition) is 4. The maximum absolute atomic E-state index is 13.6. The molecule has 0 aliphatic heterocycles. The Hall–Kier alpha value is -1.74. The van der Waals surface area contributed by atoms with Gasteiger partial charge in [-0.2, -0.15) is 0 Å². The average molecular weight is 364 g/mol. The largest absolute Gasteiger partial charge is 0.398 e. The highest BCUT2D eigenvalue weighted by atomic mass is 79.9. The second-order valence-electron chi connectivity index (χ2n) is 3.76. The molecule has 0 aliphatic carbocycles. The van der Waals surface area contributed by atoms with Gasteiger partial charge in [-0.25, -0.2) is 17.2 Å². The molecule has 0 fully saturated rings. The SMILES string of the molecule is Nc1ccncc1S(=O)(=O)Nc1c(F)cc(Br)cc1F. The van der Waals surface area contributed by atoms with Crippen molar-refractivity contribution < 1.29 is 17.2 Å². The van der Waals surface area contributed by atoms with Crippen molar-refractivity contribution in [1.82, 2.24) is 4.98 Å². The summed E-state index contributed by atoms with van der Waals surface area (Å²) in [6.07, 6.45) is 2.29. The van der Waals surface area contributed by atoms with E-state index in [9.17, 15) is 17.2 Å². The Morgan fingerprint density at radius 3 is 2.40 bits per heavy atom. The van der Waals surface area contributed by atoms with Gasteiger partial charge in [-0.1, -0.05) is 15.9 Å². The van der Waals surface area contributed by atoms with Crippen LogP contribution >= 0.6 is 15.9 Å². The minimum atomic E-state index is -4.23. The monoisotopic (exact) mass is 363 g/mol. The van der Waals surface area contributed by atoms with Crippen LogP contribution in [0.2, 0.25) is 0 Å². The van der Waals surface area contributed by atoms with Gasteiger partial charge in [0.15, 0.2) is 11.6 Å². The molecular weight excluding hydrogens is 356 g/mol. The molecule has 0 saturated carbocycles. The Labute approximate surface area is 122 Å². The van der Waals surface area contributed by atoms with Crippen LogP contribution in [0.15, 0.2) is 40.0 Å². The number of nitrogen functional groups attached to an aromatic ring is 1. The summed E-state index contributed by atoms with van der Waals surface area (Å²) in [4.78, 5) is 3.26. The van der Waals surface area contributed by atoms with Gasteiger partial charge in [0, 0.05) is 16.9 Å². The van der Waals surface area contributed by atoms with Crippen molar-refractivity contribution in [2.24, 2.45) is 0 Å². The molecule has 0 aliphatic rings. The second-order valence-corrected chi connectivity index (χ2v) is 6.33. The van der Waals surface area contributed by atoms with Gasteiger partial charge >= 0.3 is 0 Å². The minimum absolute atomic E-state index is 0.0783. The lowest BCUT2D eigenvalue weighted by atomic mass is 10.3. The fourth-order valence-electron chi connectivity index (χ4n) is 1.44. The van der Waals surface area contributed by atoms with Crippen LogP contribution in [0.25, 0.3) is 0 Å². The first-order valence-electron chi connectivity index (χ1n) is 5.18. The number of benzene rings is 1. The third-order valence-corrected chi connectivity index (χ3v) is 4.20. The second kappa shape index (κ2) is 5.33. The fraction of sp³-hybridized carbons (Fsp3) is 0. The average Bonchev–Trinajstić information content (AvgIpc) is 2.34. The van der Waals surface area contributed by atoms with E-state index in [1.54, 1.807) is 0 Å². The van der Waals surface area contributed by atoms with E-state index < -0.39 is 27.3 Å². The number of sulfonamides is 1. The van der Waals surface area contributed by atoms with Crippen LogP contribution in [0.1, 0.15) is 0 Å². The first kappa shape index (κ1) is 14.7. The lowest BCUT2D eigenvalue weighted by Gasteiger charge is -2.11. The van der Waals surface area contributed by atoms with Gasteiger partial charge in [-0.15, -0.1) is 0 Å². The number of anilines is 2. The van der Waals surface area contributed by atoms with Gasteiger partial charge in [0.1, 0.15) is 10.6 Å². The Balaban J connectivity index is 2.47. The summed E-state index contributed by atoms with van der Waals surface area (Å²) in [6, 6.07) is 3.14. The maximum Gasteiger partial charge on any atom is 0.265 e.